The molecule has 0 aromatic carbocycles. The van der Waals surface area contributed by atoms with E-state index in [2.05, 4.69) is 141 Å². The van der Waals surface area contributed by atoms with Crippen LogP contribution in [0.2, 0.25) is 61.9 Å². The SMILES string of the molecule is CC(C)(C)[Si](C)(C)O[C@@H]1[C@@H]2OP(=O)([S-])OC[C@H]3O[C@@H](n4cnc5c(=O)n(CCNC(=O)OCC[Si](C)(C)C)cnc54)[C@H](OP([O-])(=S)OC[C@H]2O[C@H]1n1cc2c4c(ncnc41)NCCC2)[C@@H]3O[Si](C)(C)C(C)(C)C.CC[NH+](CC)CC.CC[NH+](CC)CC. The summed E-state index contributed by atoms with van der Waals surface area (Å²) >= 11 is 11.5. The molecule has 8 rings (SSSR count). The first kappa shape index (κ1) is 73.5. The summed E-state index contributed by atoms with van der Waals surface area (Å²) in [6.45, 7) is 39.5. The van der Waals surface area contributed by atoms with Gasteiger partial charge >= 0.3 is 6.09 Å². The number of amides is 1. The highest BCUT2D eigenvalue weighted by atomic mass is 32.7. The lowest BCUT2D eigenvalue weighted by molar-refractivity contribution is -0.894. The molecule has 4 aromatic heterocycles. The van der Waals surface area contributed by atoms with Crippen molar-refractivity contribution < 1.29 is 65.2 Å². The number of nitrogens with zero attached hydrogens (tertiary/aromatic N) is 7. The third-order valence-corrected chi connectivity index (χ3v) is 31.5. The molecule has 3 saturated heterocycles. The number of carbonyl (C=O) groups is 1. The number of rotatable bonds is 18. The summed E-state index contributed by atoms with van der Waals surface area (Å²) < 4.78 is 77.8. The van der Waals surface area contributed by atoms with Gasteiger partial charge in [-0.15, -0.1) is 0 Å². The molecule has 2 bridgehead atoms. The minimum atomic E-state index is -4.56. The van der Waals surface area contributed by atoms with Crippen LogP contribution in [0, 0.1) is 0 Å². The van der Waals surface area contributed by atoms with Crippen molar-refractivity contribution in [1.82, 2.24) is 39.0 Å². The van der Waals surface area contributed by atoms with E-state index in [1.54, 1.807) is 9.80 Å². The molecule has 494 valence electrons. The summed E-state index contributed by atoms with van der Waals surface area (Å²) in [5.41, 5.74) is 1.18. The average molecular weight is 1350 g/mol. The molecule has 87 heavy (non-hydrogen) atoms. The van der Waals surface area contributed by atoms with Gasteiger partial charge in [-0.05, 0) is 102 Å². The van der Waals surface area contributed by atoms with E-state index >= 15 is 0 Å². The Morgan fingerprint density at radius 1 is 0.793 bits per heavy atom. The van der Waals surface area contributed by atoms with Gasteiger partial charge in [-0.2, -0.15) is 0 Å². The zero-order valence-corrected chi connectivity index (χ0v) is 61.6. The maximum atomic E-state index is 14.9. The molecule has 4 aliphatic heterocycles. The number of fused-ring (bicyclic) bond motifs is 4. The third-order valence-electron chi connectivity index (χ3n) is 17.7. The molecule has 4 N–H and O–H groups in total. The van der Waals surface area contributed by atoms with E-state index in [9.17, 15) is 19.0 Å². The van der Waals surface area contributed by atoms with Crippen LogP contribution in [0.5, 0.6) is 0 Å². The molecule has 24 nitrogen and oxygen atoms in total. The van der Waals surface area contributed by atoms with Crippen molar-refractivity contribution in [3.8, 4) is 0 Å². The first-order valence-electron chi connectivity index (χ1n) is 31.1. The number of anilines is 1. The lowest BCUT2D eigenvalue weighted by atomic mass is 10.1. The average Bonchev–Trinajstić information content (AvgIpc) is 1.77. The number of hydrogen-bond acceptors (Lipinski definition) is 20. The van der Waals surface area contributed by atoms with Crippen LogP contribution in [0.4, 0.5) is 10.6 Å². The van der Waals surface area contributed by atoms with E-state index in [4.69, 9.17) is 70.2 Å². The minimum Gasteiger partial charge on any atom is -0.780 e. The Labute approximate surface area is 529 Å². The Bertz CT molecular complexity index is 3040. The number of quaternary nitrogens is 2. The molecule has 31 heteroatoms. The van der Waals surface area contributed by atoms with Crippen molar-refractivity contribution in [1.29, 1.82) is 0 Å². The largest absolute Gasteiger partial charge is 0.780 e. The van der Waals surface area contributed by atoms with Gasteiger partial charge in [0.05, 0.1) is 70.8 Å². The summed E-state index contributed by atoms with van der Waals surface area (Å²) in [5.74, 6) is 0.699. The first-order valence-corrected chi connectivity index (χ1v) is 45.7. The lowest BCUT2D eigenvalue weighted by Gasteiger charge is -2.42. The monoisotopic (exact) mass is 1350 g/mol. The molecular weight excluding hydrogens is 1250 g/mol. The molecule has 0 aliphatic carbocycles. The van der Waals surface area contributed by atoms with Crippen LogP contribution in [0.3, 0.4) is 0 Å². The van der Waals surface area contributed by atoms with Crippen molar-refractivity contribution in [3.05, 3.63) is 41.1 Å². The molecular formula is C56H103N11O13P2S2Si3. The molecule has 0 saturated carbocycles. The summed E-state index contributed by atoms with van der Waals surface area (Å²) in [6.07, 6.45) is -1.77. The van der Waals surface area contributed by atoms with E-state index < -0.39 is 112 Å². The molecule has 8 heterocycles. The molecule has 4 aliphatic rings. The zero-order chi connectivity index (χ0) is 64.7. The fourth-order valence-corrected chi connectivity index (χ4v) is 16.2. The van der Waals surface area contributed by atoms with Gasteiger partial charge in [0.15, 0.2) is 47.1 Å². The summed E-state index contributed by atoms with van der Waals surface area (Å²) in [7, 11) is -6.85. The highest BCUT2D eigenvalue weighted by Crippen LogP contribution is 2.56. The smallest absolute Gasteiger partial charge is 0.407 e. The van der Waals surface area contributed by atoms with Crippen molar-refractivity contribution >= 4 is 96.4 Å². The second-order valence-corrected chi connectivity index (χ2v) is 47.6. The zero-order valence-electron chi connectivity index (χ0n) is 55.2. The molecule has 10 atom stereocenters. The van der Waals surface area contributed by atoms with Gasteiger partial charge in [0.1, 0.15) is 67.5 Å². The summed E-state index contributed by atoms with van der Waals surface area (Å²) in [5, 5.41) is 6.29. The second kappa shape index (κ2) is 30.5. The van der Waals surface area contributed by atoms with Crippen LogP contribution >= 0.6 is 13.5 Å². The predicted molar refractivity (Wildman–Crippen MR) is 352 cm³/mol. The van der Waals surface area contributed by atoms with Gasteiger partial charge in [0, 0.05) is 33.9 Å². The van der Waals surface area contributed by atoms with Crippen LogP contribution in [-0.2, 0) is 82.7 Å². The molecule has 4 aromatic rings. The van der Waals surface area contributed by atoms with Gasteiger partial charge in [-0.25, -0.2) is 24.7 Å². The van der Waals surface area contributed by atoms with Crippen LogP contribution < -0.4 is 30.9 Å². The van der Waals surface area contributed by atoms with Crippen molar-refractivity contribution in [3.63, 3.8) is 0 Å². The summed E-state index contributed by atoms with van der Waals surface area (Å²) in [4.78, 5) is 62.7. The topological polar surface area (TPSA) is 257 Å². The standard InChI is InChI=1S/C44H73N9O13P2S2Si3.2C6H15N/c1-43(2,3)72(10,11)65-33-29-23-60-67(56,69)63-32-28(61-41(35(32)66-73(12,13)44(4,5)6)52-21-27-15-14-16-45-36-30(27)37(52)48-24-47-36)22-59-68(57,70)64-34(33)40(62-29)53-26-49-31-38(53)50-25-51(39(31)54)18-17-46-42(55)58-19-20-71(7,8)9;2*1-4-7(5-2)6-3/h21,24-26,28-29,32-35,40-41H,14-20,22-23H2,1-13H3,(H,46,55)(H,56,69)(H,57,70)(H,45,47,48);2*4-6H2,1-3H3/t28-,29-,32-,33-,34-,35-,40-,41-,67?,68?;;/m1../s1. The van der Waals surface area contributed by atoms with Crippen LogP contribution in [0.25, 0.3) is 22.2 Å². The van der Waals surface area contributed by atoms with Crippen molar-refractivity contribution in [2.45, 2.75) is 214 Å². The Hall–Kier alpha value is -2.52. The van der Waals surface area contributed by atoms with E-state index in [-0.39, 0.29) is 34.3 Å². The van der Waals surface area contributed by atoms with E-state index in [1.807, 2.05) is 23.9 Å². The number of nitrogens with one attached hydrogen (secondary N) is 4. The molecule has 0 spiro atoms. The van der Waals surface area contributed by atoms with Gasteiger partial charge in [0.2, 0.25) is 0 Å². The maximum absolute atomic E-state index is 14.9. The lowest BCUT2D eigenvalue weighted by Crippen LogP contribution is -3.11. The number of aromatic nitrogens is 7. The Morgan fingerprint density at radius 2 is 1.38 bits per heavy atom. The normalized spacial score (nSPS) is 26.6. The van der Waals surface area contributed by atoms with Gasteiger partial charge < -0.3 is 83.3 Å². The highest BCUT2D eigenvalue weighted by molar-refractivity contribution is 8.32. The highest BCUT2D eigenvalue weighted by Gasteiger charge is 2.56. The van der Waals surface area contributed by atoms with Crippen LogP contribution in [0.15, 0.2) is 30.0 Å². The minimum absolute atomic E-state index is 0.0213. The first-order chi connectivity index (χ1) is 40.5. The predicted octanol–water partition coefficient (Wildman–Crippen LogP) is 6.96. The number of hydrogen-bond donors (Lipinski definition) is 4. The number of ether oxygens (including phenoxy) is 3. The molecule has 2 unspecified atom stereocenters. The molecule has 1 amide bonds. The number of imidazole rings is 1. The van der Waals surface area contributed by atoms with Crippen molar-refractivity contribution in [2.24, 2.45) is 0 Å². The Balaban J connectivity index is 0.000000771. The number of alkyl carbamates (subject to hydrolysis) is 1. The summed E-state index contributed by atoms with van der Waals surface area (Å²) in [6, 6.07) is 0.824. The molecule has 3 fully saturated rings. The van der Waals surface area contributed by atoms with E-state index in [0.29, 0.717) is 18.1 Å². The van der Waals surface area contributed by atoms with Crippen molar-refractivity contribution in [2.75, 3.05) is 77.5 Å². The Kier molecular flexibility index (Phi) is 25.8. The van der Waals surface area contributed by atoms with Crippen LogP contribution in [-0.4, -0.2) is 173 Å². The number of aryl methyl sites for hydroxylation is 1. The van der Waals surface area contributed by atoms with Crippen LogP contribution in [0.1, 0.15) is 108 Å². The van der Waals surface area contributed by atoms with Gasteiger partial charge in [-0.3, -0.25) is 18.5 Å². The fourth-order valence-electron chi connectivity index (χ4n) is 10.1. The van der Waals surface area contributed by atoms with Gasteiger partial charge in [-0.1, -0.05) is 73.0 Å². The molecule has 0 radical (unpaired) electrons. The van der Waals surface area contributed by atoms with Gasteiger partial charge in [0.25, 0.3) is 5.56 Å². The fraction of sp³-hybridized carbons (Fsp3) is 0.786. The number of carbonyl (C=O) groups excluding carboxylic acids is 1. The van der Waals surface area contributed by atoms with E-state index in [0.717, 1.165) is 36.4 Å². The maximum Gasteiger partial charge on any atom is 0.407 e. The van der Waals surface area contributed by atoms with E-state index in [1.165, 1.54) is 67.4 Å². The quantitative estimate of drug-likeness (QED) is 0.0446. The second-order valence-electron chi connectivity index (χ2n) is 27.0. The third kappa shape index (κ3) is 18.8. The Morgan fingerprint density at radius 3 is 1.95 bits per heavy atom.